The van der Waals surface area contributed by atoms with Crippen LogP contribution in [0.2, 0.25) is 0 Å². The Morgan fingerprint density at radius 1 is 1.30 bits per heavy atom. The second-order valence-corrected chi connectivity index (χ2v) is 6.14. The smallest absolute Gasteiger partial charge is 0.417 e. The maximum absolute atomic E-state index is 13.4. The molecule has 0 unspecified atom stereocenters. The highest BCUT2D eigenvalue weighted by Gasteiger charge is 2.37. The number of aromatic nitrogens is 1. The molecule has 0 fully saturated rings. The summed E-state index contributed by atoms with van der Waals surface area (Å²) in [4.78, 5) is 12.7. The molecule has 0 aliphatic rings. The molecular formula is C19H18F3N3O2. The van der Waals surface area contributed by atoms with Crippen molar-refractivity contribution >= 4 is 5.71 Å². The summed E-state index contributed by atoms with van der Waals surface area (Å²) in [6.07, 6.45) is -4.86. The lowest BCUT2D eigenvalue weighted by atomic mass is 10.0. The second kappa shape index (κ2) is 7.66. The molecule has 0 N–H and O–H groups in total. The lowest BCUT2D eigenvalue weighted by Crippen LogP contribution is -2.27. The predicted octanol–water partition coefficient (Wildman–Crippen LogP) is 4.29. The monoisotopic (exact) mass is 377 g/mol. The first-order chi connectivity index (χ1) is 12.6. The van der Waals surface area contributed by atoms with Crippen LogP contribution in [0.15, 0.2) is 40.2 Å². The van der Waals surface area contributed by atoms with E-state index < -0.39 is 22.9 Å². The first kappa shape index (κ1) is 20.2. The van der Waals surface area contributed by atoms with Crippen molar-refractivity contribution in [2.24, 2.45) is 11.0 Å². The Kier molecular flexibility index (Phi) is 5.74. The average Bonchev–Trinajstić information content (AvgIpc) is 2.61. The van der Waals surface area contributed by atoms with Gasteiger partial charge < -0.3 is 4.74 Å². The first-order valence-corrected chi connectivity index (χ1v) is 8.08. The maximum atomic E-state index is 13.4. The van der Waals surface area contributed by atoms with E-state index in [0.717, 1.165) is 10.7 Å². The fraction of sp³-hybridized carbons (Fsp3) is 0.316. The van der Waals surface area contributed by atoms with Crippen LogP contribution < -0.4 is 10.3 Å². The minimum atomic E-state index is -4.86. The Morgan fingerprint density at radius 2 is 1.93 bits per heavy atom. The van der Waals surface area contributed by atoms with Gasteiger partial charge in [0, 0.05) is 11.3 Å². The van der Waals surface area contributed by atoms with Crippen molar-refractivity contribution in [2.75, 3.05) is 7.11 Å². The largest absolute Gasteiger partial charge is 0.496 e. The molecule has 0 atom stereocenters. The number of ether oxygens (including phenoxy) is 1. The maximum Gasteiger partial charge on any atom is 0.417 e. The Balaban J connectivity index is 3.00. The molecule has 8 heteroatoms. The van der Waals surface area contributed by atoms with Crippen LogP contribution >= 0.6 is 0 Å². The van der Waals surface area contributed by atoms with Crippen LogP contribution in [-0.2, 0) is 6.18 Å². The first-order valence-electron chi connectivity index (χ1n) is 8.08. The minimum absolute atomic E-state index is 0.0461. The zero-order valence-electron chi connectivity index (χ0n) is 15.3. The van der Waals surface area contributed by atoms with E-state index in [9.17, 15) is 18.0 Å². The van der Waals surface area contributed by atoms with E-state index in [4.69, 9.17) is 10.00 Å². The predicted molar refractivity (Wildman–Crippen MR) is 95.8 cm³/mol. The fourth-order valence-electron chi connectivity index (χ4n) is 2.35. The number of halogens is 3. The van der Waals surface area contributed by atoms with E-state index in [1.165, 1.54) is 19.2 Å². The number of alkyl halides is 3. The Hall–Kier alpha value is -3.08. The molecule has 1 heterocycles. The van der Waals surface area contributed by atoms with Gasteiger partial charge in [-0.05, 0) is 31.0 Å². The number of methoxy groups -OCH3 is 1. The van der Waals surface area contributed by atoms with Gasteiger partial charge in [0.05, 0.1) is 18.4 Å². The van der Waals surface area contributed by atoms with E-state index in [-0.39, 0.29) is 22.9 Å². The summed E-state index contributed by atoms with van der Waals surface area (Å²) in [6, 6.07) is 8.48. The third-order valence-corrected chi connectivity index (χ3v) is 4.08. The van der Waals surface area contributed by atoms with Crippen molar-refractivity contribution in [1.29, 1.82) is 5.26 Å². The van der Waals surface area contributed by atoms with Crippen molar-refractivity contribution < 1.29 is 17.9 Å². The van der Waals surface area contributed by atoms with Crippen molar-refractivity contribution in [3.05, 3.63) is 51.8 Å². The molecule has 0 saturated carbocycles. The van der Waals surface area contributed by atoms with Gasteiger partial charge in [-0.15, -0.1) is 0 Å². The van der Waals surface area contributed by atoms with Gasteiger partial charge in [0.25, 0.3) is 5.56 Å². The van der Waals surface area contributed by atoms with Gasteiger partial charge in [-0.25, -0.2) is 0 Å². The zero-order valence-corrected chi connectivity index (χ0v) is 15.3. The van der Waals surface area contributed by atoms with Crippen LogP contribution in [0.4, 0.5) is 13.2 Å². The van der Waals surface area contributed by atoms with Gasteiger partial charge in [0.1, 0.15) is 17.4 Å². The number of para-hydroxylation sites is 1. The number of nitrogens with zero attached hydrogens (tertiary/aromatic N) is 3. The summed E-state index contributed by atoms with van der Waals surface area (Å²) in [5.41, 5.74) is -2.76. The summed E-state index contributed by atoms with van der Waals surface area (Å²) in [6.45, 7) is 5.33. The lowest BCUT2D eigenvalue weighted by Gasteiger charge is -2.17. The van der Waals surface area contributed by atoms with Crippen molar-refractivity contribution in [2.45, 2.75) is 26.9 Å². The van der Waals surface area contributed by atoms with Crippen LogP contribution in [-0.4, -0.2) is 17.5 Å². The zero-order chi connectivity index (χ0) is 20.4. The van der Waals surface area contributed by atoms with Crippen molar-refractivity contribution in [3.8, 4) is 23.1 Å². The molecule has 0 bridgehead atoms. The molecule has 142 valence electrons. The second-order valence-electron chi connectivity index (χ2n) is 6.14. The van der Waals surface area contributed by atoms with Gasteiger partial charge >= 0.3 is 6.18 Å². The summed E-state index contributed by atoms with van der Waals surface area (Å²) in [7, 11) is 1.37. The molecule has 0 radical (unpaired) electrons. The normalized spacial score (nSPS) is 12.2. The van der Waals surface area contributed by atoms with Gasteiger partial charge in [-0.3, -0.25) is 4.79 Å². The molecular weight excluding hydrogens is 359 g/mol. The van der Waals surface area contributed by atoms with Gasteiger partial charge in [-0.1, -0.05) is 26.0 Å². The Bertz CT molecular complexity index is 983. The Morgan fingerprint density at radius 3 is 2.44 bits per heavy atom. The number of hydrogen-bond acceptors (Lipinski definition) is 4. The number of pyridine rings is 1. The molecule has 1 aromatic heterocycles. The van der Waals surface area contributed by atoms with Gasteiger partial charge in [0.2, 0.25) is 0 Å². The van der Waals surface area contributed by atoms with Crippen LogP contribution in [0.3, 0.4) is 0 Å². The van der Waals surface area contributed by atoms with Crippen LogP contribution in [0.5, 0.6) is 5.75 Å². The lowest BCUT2D eigenvalue weighted by molar-refractivity contribution is -0.137. The molecule has 2 rings (SSSR count). The summed E-state index contributed by atoms with van der Waals surface area (Å²) < 4.78 is 46.4. The number of rotatable bonds is 4. The minimum Gasteiger partial charge on any atom is -0.496 e. The van der Waals surface area contributed by atoms with E-state index >= 15 is 0 Å². The van der Waals surface area contributed by atoms with E-state index in [0.29, 0.717) is 5.71 Å². The van der Waals surface area contributed by atoms with Crippen molar-refractivity contribution in [1.82, 2.24) is 4.68 Å². The van der Waals surface area contributed by atoms with Crippen LogP contribution in [0.25, 0.3) is 11.3 Å². The highest BCUT2D eigenvalue weighted by molar-refractivity contribution is 5.84. The highest BCUT2D eigenvalue weighted by atomic mass is 19.4. The van der Waals surface area contributed by atoms with E-state index in [1.54, 1.807) is 25.1 Å². The molecule has 0 aliphatic carbocycles. The molecule has 1 aromatic carbocycles. The number of hydrogen-bond donors (Lipinski definition) is 0. The van der Waals surface area contributed by atoms with Gasteiger partial charge in [0.15, 0.2) is 0 Å². The summed E-state index contributed by atoms with van der Waals surface area (Å²) >= 11 is 0. The van der Waals surface area contributed by atoms with E-state index in [1.807, 2.05) is 13.8 Å². The standard InChI is InChI=1S/C19H18F3N3O2/c1-11(2)12(3)24-25-16(13-7-5-6-8-17(13)27-4)9-15(19(20,21)22)14(10-23)18(25)26/h5-9,11H,1-4H3/b24-12+. The molecule has 5 nitrogen and oxygen atoms in total. The average molecular weight is 377 g/mol. The van der Waals surface area contributed by atoms with Crippen LogP contribution in [0, 0.1) is 17.2 Å². The molecule has 2 aromatic rings. The topological polar surface area (TPSA) is 67.4 Å². The molecule has 0 aliphatic heterocycles. The quantitative estimate of drug-likeness (QED) is 0.747. The summed E-state index contributed by atoms with van der Waals surface area (Å²) in [5, 5.41) is 13.3. The molecule has 0 saturated heterocycles. The van der Waals surface area contributed by atoms with Crippen molar-refractivity contribution in [3.63, 3.8) is 0 Å². The highest BCUT2D eigenvalue weighted by Crippen LogP contribution is 2.36. The molecule has 0 spiro atoms. The van der Waals surface area contributed by atoms with E-state index in [2.05, 4.69) is 5.10 Å². The number of benzene rings is 1. The molecule has 0 amide bonds. The third kappa shape index (κ3) is 4.03. The number of nitriles is 1. The third-order valence-electron chi connectivity index (χ3n) is 4.08. The summed E-state index contributed by atoms with van der Waals surface area (Å²) in [5.74, 6) is 0.233. The fourth-order valence-corrected chi connectivity index (χ4v) is 2.35. The SMILES string of the molecule is COc1ccccc1-c1cc(C(F)(F)F)c(C#N)c(=O)n1/N=C(\C)C(C)C. The van der Waals surface area contributed by atoms with Gasteiger partial charge in [-0.2, -0.15) is 28.2 Å². The molecule has 27 heavy (non-hydrogen) atoms. The Labute approximate surface area is 154 Å². The van der Waals surface area contributed by atoms with Crippen LogP contribution in [0.1, 0.15) is 31.9 Å².